The summed E-state index contributed by atoms with van der Waals surface area (Å²) in [6, 6.07) is 0.00403. The molecule has 0 bridgehead atoms. The predicted molar refractivity (Wildman–Crippen MR) is 58.2 cm³/mol. The fraction of sp³-hybridized carbons (Fsp3) is 1.00. The second-order valence-corrected chi connectivity index (χ2v) is 6.65. The number of nitrogens with zero attached hydrogens (tertiary/aromatic N) is 1. The maximum absolute atomic E-state index is 12.3. The van der Waals surface area contributed by atoms with Crippen LogP contribution in [-0.4, -0.2) is 43.8 Å². The van der Waals surface area contributed by atoms with Crippen LogP contribution in [0, 0.1) is 0 Å². The van der Waals surface area contributed by atoms with Crippen LogP contribution in [-0.2, 0) is 14.8 Å². The summed E-state index contributed by atoms with van der Waals surface area (Å²) in [7, 11) is -3.06. The average Bonchev–Trinajstić information content (AvgIpc) is 2.71. The number of morpholine rings is 1. The third-order valence-corrected chi connectivity index (χ3v) is 5.87. The Bertz CT molecular complexity index is 309. The second kappa shape index (κ2) is 4.39. The maximum atomic E-state index is 12.3. The van der Waals surface area contributed by atoms with Crippen molar-refractivity contribution in [2.75, 3.05) is 19.8 Å². The van der Waals surface area contributed by atoms with Crippen LogP contribution in [0.25, 0.3) is 0 Å². The highest BCUT2D eigenvalue weighted by atomic mass is 32.2. The Kier molecular flexibility index (Phi) is 3.33. The minimum atomic E-state index is -3.06. The van der Waals surface area contributed by atoms with E-state index in [1.165, 1.54) is 0 Å². The van der Waals surface area contributed by atoms with Gasteiger partial charge in [-0.2, -0.15) is 4.31 Å². The molecule has 0 aromatic rings. The smallest absolute Gasteiger partial charge is 0.217 e. The van der Waals surface area contributed by atoms with Crippen LogP contribution in [0.4, 0.5) is 0 Å². The molecule has 0 spiro atoms. The highest BCUT2D eigenvalue weighted by molar-refractivity contribution is 7.89. The van der Waals surface area contributed by atoms with Gasteiger partial charge in [-0.1, -0.05) is 12.8 Å². The molecule has 0 amide bonds. The molecule has 15 heavy (non-hydrogen) atoms. The molecule has 2 aliphatic rings. The first-order chi connectivity index (χ1) is 7.12. The molecule has 1 saturated heterocycles. The molecule has 1 heterocycles. The summed E-state index contributed by atoms with van der Waals surface area (Å²) in [5.41, 5.74) is 0. The molecule has 1 aliphatic carbocycles. The Hall–Kier alpha value is -0.130. The van der Waals surface area contributed by atoms with Gasteiger partial charge in [0.1, 0.15) is 0 Å². The molecule has 88 valence electrons. The molecule has 0 aromatic heterocycles. The lowest BCUT2D eigenvalue weighted by Gasteiger charge is -2.34. The van der Waals surface area contributed by atoms with Crippen LogP contribution >= 0.6 is 0 Å². The zero-order valence-electron chi connectivity index (χ0n) is 9.18. The van der Waals surface area contributed by atoms with E-state index in [2.05, 4.69) is 0 Å². The predicted octanol–water partition coefficient (Wildman–Crippen LogP) is 0.980. The van der Waals surface area contributed by atoms with Gasteiger partial charge in [0.2, 0.25) is 10.0 Å². The number of ether oxygens (including phenoxy) is 1. The van der Waals surface area contributed by atoms with E-state index in [0.717, 1.165) is 25.7 Å². The topological polar surface area (TPSA) is 46.6 Å². The molecule has 5 heteroatoms. The van der Waals surface area contributed by atoms with E-state index in [1.807, 2.05) is 6.92 Å². The largest absolute Gasteiger partial charge is 0.378 e. The molecule has 2 rings (SSSR count). The van der Waals surface area contributed by atoms with Gasteiger partial charge in [-0.15, -0.1) is 0 Å². The van der Waals surface area contributed by atoms with Crippen molar-refractivity contribution in [3.63, 3.8) is 0 Å². The molecule has 0 aromatic carbocycles. The average molecular weight is 233 g/mol. The quantitative estimate of drug-likeness (QED) is 0.714. The summed E-state index contributed by atoms with van der Waals surface area (Å²) in [5, 5.41) is -0.127. The standard InChI is InChI=1S/C10H19NO3S/c1-9-8-14-7-6-11(9)15(12,13)10-4-2-3-5-10/h9-10H,2-8H2,1H3. The van der Waals surface area contributed by atoms with Crippen LogP contribution in [0.2, 0.25) is 0 Å². The zero-order chi connectivity index (χ0) is 10.9. The molecule has 1 saturated carbocycles. The highest BCUT2D eigenvalue weighted by Crippen LogP contribution is 2.28. The minimum Gasteiger partial charge on any atom is -0.378 e. The summed E-state index contributed by atoms with van der Waals surface area (Å²) in [5.74, 6) is 0. The van der Waals surface area contributed by atoms with Gasteiger partial charge in [-0.3, -0.25) is 0 Å². The molecule has 1 atom stereocenters. The highest BCUT2D eigenvalue weighted by Gasteiger charge is 2.37. The lowest BCUT2D eigenvalue weighted by molar-refractivity contribution is 0.0388. The summed E-state index contributed by atoms with van der Waals surface area (Å²) in [6.45, 7) is 3.52. The van der Waals surface area contributed by atoms with E-state index in [4.69, 9.17) is 4.74 Å². The number of hydrogen-bond donors (Lipinski definition) is 0. The Morgan fingerprint density at radius 3 is 2.53 bits per heavy atom. The molecule has 1 aliphatic heterocycles. The monoisotopic (exact) mass is 233 g/mol. The summed E-state index contributed by atoms with van der Waals surface area (Å²) < 4.78 is 31.4. The van der Waals surface area contributed by atoms with Gasteiger partial charge >= 0.3 is 0 Å². The second-order valence-electron chi connectivity index (χ2n) is 4.49. The van der Waals surface area contributed by atoms with Gasteiger partial charge < -0.3 is 4.74 Å². The minimum absolute atomic E-state index is 0.00403. The van der Waals surface area contributed by atoms with Crippen molar-refractivity contribution < 1.29 is 13.2 Å². The fourth-order valence-corrected chi connectivity index (χ4v) is 4.67. The van der Waals surface area contributed by atoms with Crippen LogP contribution in [0.3, 0.4) is 0 Å². The molecule has 2 fully saturated rings. The SMILES string of the molecule is CC1COCCN1S(=O)(=O)C1CCCC1. The summed E-state index contributed by atoms with van der Waals surface area (Å²) >= 11 is 0. The summed E-state index contributed by atoms with van der Waals surface area (Å²) in [6.07, 6.45) is 3.80. The van der Waals surface area contributed by atoms with E-state index >= 15 is 0 Å². The lowest BCUT2D eigenvalue weighted by atomic mass is 10.3. The first-order valence-electron chi connectivity index (χ1n) is 5.71. The van der Waals surface area contributed by atoms with Crippen LogP contribution in [0.5, 0.6) is 0 Å². The Balaban J connectivity index is 2.12. The summed E-state index contributed by atoms with van der Waals surface area (Å²) in [4.78, 5) is 0. The normalized spacial score (nSPS) is 30.9. The van der Waals surface area contributed by atoms with Crippen molar-refractivity contribution >= 4 is 10.0 Å². The van der Waals surface area contributed by atoms with E-state index in [0.29, 0.717) is 19.8 Å². The van der Waals surface area contributed by atoms with Crippen LogP contribution < -0.4 is 0 Å². The van der Waals surface area contributed by atoms with Gasteiger partial charge in [-0.25, -0.2) is 8.42 Å². The van der Waals surface area contributed by atoms with Crippen molar-refractivity contribution in [2.45, 2.75) is 43.9 Å². The van der Waals surface area contributed by atoms with Gasteiger partial charge in [-0.05, 0) is 19.8 Å². The molecular formula is C10H19NO3S. The van der Waals surface area contributed by atoms with Crippen molar-refractivity contribution in [1.29, 1.82) is 0 Å². The third-order valence-electron chi connectivity index (χ3n) is 3.36. The van der Waals surface area contributed by atoms with Crippen molar-refractivity contribution in [2.24, 2.45) is 0 Å². The molecule has 1 unspecified atom stereocenters. The molecule has 0 radical (unpaired) electrons. The van der Waals surface area contributed by atoms with E-state index < -0.39 is 10.0 Å². The Morgan fingerprint density at radius 2 is 1.93 bits per heavy atom. The number of rotatable bonds is 2. The van der Waals surface area contributed by atoms with Gasteiger partial charge in [0.25, 0.3) is 0 Å². The Morgan fingerprint density at radius 1 is 1.27 bits per heavy atom. The number of sulfonamides is 1. The van der Waals surface area contributed by atoms with Crippen molar-refractivity contribution in [3.05, 3.63) is 0 Å². The molecule has 0 N–H and O–H groups in total. The van der Waals surface area contributed by atoms with Gasteiger partial charge in [0.05, 0.1) is 18.5 Å². The van der Waals surface area contributed by atoms with E-state index in [-0.39, 0.29) is 11.3 Å². The van der Waals surface area contributed by atoms with Crippen molar-refractivity contribution in [3.8, 4) is 0 Å². The third kappa shape index (κ3) is 2.19. The first-order valence-corrected chi connectivity index (χ1v) is 7.21. The molecular weight excluding hydrogens is 214 g/mol. The van der Waals surface area contributed by atoms with E-state index in [9.17, 15) is 8.42 Å². The maximum Gasteiger partial charge on any atom is 0.217 e. The number of hydrogen-bond acceptors (Lipinski definition) is 3. The van der Waals surface area contributed by atoms with E-state index in [1.54, 1.807) is 4.31 Å². The van der Waals surface area contributed by atoms with Gasteiger partial charge in [0, 0.05) is 12.6 Å². The van der Waals surface area contributed by atoms with Crippen LogP contribution in [0.15, 0.2) is 0 Å². The fourth-order valence-electron chi connectivity index (χ4n) is 2.47. The van der Waals surface area contributed by atoms with Crippen molar-refractivity contribution in [1.82, 2.24) is 4.31 Å². The lowest BCUT2D eigenvalue weighted by Crippen LogP contribution is -2.49. The van der Waals surface area contributed by atoms with Gasteiger partial charge in [0.15, 0.2) is 0 Å². The zero-order valence-corrected chi connectivity index (χ0v) is 10.0. The first kappa shape index (κ1) is 11.4. The van der Waals surface area contributed by atoms with Crippen LogP contribution in [0.1, 0.15) is 32.6 Å². The Labute approximate surface area is 91.6 Å². The molecule has 4 nitrogen and oxygen atoms in total.